The molecule has 0 aromatic heterocycles. The molecule has 0 radical (unpaired) electrons. The molecule has 0 spiro atoms. The van der Waals surface area contributed by atoms with Crippen LogP contribution in [-0.2, 0) is 9.59 Å². The number of benzene rings is 2. The van der Waals surface area contributed by atoms with E-state index < -0.39 is 0 Å². The Hall–Kier alpha value is -2.36. The quantitative estimate of drug-likeness (QED) is 0.316. The Morgan fingerprint density at radius 1 is 1.18 bits per heavy atom. The van der Waals surface area contributed by atoms with Crippen LogP contribution < -0.4 is 14.8 Å². The average molecular weight is 550 g/mol. The molecule has 1 fully saturated rings. The second-order valence-electron chi connectivity index (χ2n) is 7.27. The van der Waals surface area contributed by atoms with Gasteiger partial charge in [-0.3, -0.25) is 14.5 Å². The first kappa shape index (κ1) is 25.3. The Morgan fingerprint density at radius 3 is 2.67 bits per heavy atom. The van der Waals surface area contributed by atoms with E-state index in [0.29, 0.717) is 39.6 Å². The molecule has 1 aliphatic heterocycles. The van der Waals surface area contributed by atoms with Gasteiger partial charge in [0, 0.05) is 16.7 Å². The van der Waals surface area contributed by atoms with Crippen LogP contribution in [0.15, 0.2) is 45.8 Å². The van der Waals surface area contributed by atoms with Crippen LogP contribution in [0.2, 0.25) is 0 Å². The third kappa shape index (κ3) is 6.59. The van der Waals surface area contributed by atoms with E-state index >= 15 is 0 Å². The molecular formula is C24H25BrN2O4S2. The van der Waals surface area contributed by atoms with Crippen molar-refractivity contribution in [3.05, 3.63) is 56.9 Å². The third-order valence-electron chi connectivity index (χ3n) is 4.69. The summed E-state index contributed by atoms with van der Waals surface area (Å²) in [4.78, 5) is 27.1. The molecular weight excluding hydrogens is 524 g/mol. The van der Waals surface area contributed by atoms with Crippen molar-refractivity contribution >= 4 is 67.8 Å². The van der Waals surface area contributed by atoms with Gasteiger partial charge in [-0.1, -0.05) is 52.9 Å². The summed E-state index contributed by atoms with van der Waals surface area (Å²) in [6.07, 6.45) is 2.64. The molecule has 1 aliphatic rings. The van der Waals surface area contributed by atoms with E-state index in [4.69, 9.17) is 21.7 Å². The Bertz CT molecular complexity index is 1100. The van der Waals surface area contributed by atoms with E-state index in [9.17, 15) is 9.59 Å². The highest BCUT2D eigenvalue weighted by molar-refractivity contribution is 9.10. The molecule has 1 saturated heterocycles. The van der Waals surface area contributed by atoms with Crippen LogP contribution in [0.5, 0.6) is 11.5 Å². The third-order valence-corrected chi connectivity index (χ3v) is 6.95. The Morgan fingerprint density at radius 2 is 1.97 bits per heavy atom. The largest absolute Gasteiger partial charge is 0.490 e. The number of amides is 2. The summed E-state index contributed by atoms with van der Waals surface area (Å²) in [5.41, 5.74) is 2.51. The molecule has 3 rings (SSSR count). The lowest BCUT2D eigenvalue weighted by Crippen LogP contribution is -2.28. The van der Waals surface area contributed by atoms with Crippen molar-refractivity contribution in [1.29, 1.82) is 0 Å². The van der Waals surface area contributed by atoms with Gasteiger partial charge in [0.15, 0.2) is 18.1 Å². The van der Waals surface area contributed by atoms with Crippen molar-refractivity contribution in [1.82, 2.24) is 4.90 Å². The number of carbonyl (C=O) groups excluding carboxylic acids is 2. The number of nitrogens with one attached hydrogen (secondary N) is 1. The molecule has 1 N–H and O–H groups in total. The molecule has 0 unspecified atom stereocenters. The predicted octanol–water partition coefficient (Wildman–Crippen LogP) is 5.78. The second-order valence-corrected chi connectivity index (χ2v) is 9.80. The van der Waals surface area contributed by atoms with Gasteiger partial charge in [0.05, 0.1) is 11.5 Å². The molecule has 0 atom stereocenters. The summed E-state index contributed by atoms with van der Waals surface area (Å²) < 4.78 is 13.0. The lowest BCUT2D eigenvalue weighted by molar-refractivity contribution is -0.122. The van der Waals surface area contributed by atoms with Crippen LogP contribution >= 0.6 is 39.9 Å². The number of aryl methyl sites for hydroxylation is 1. The summed E-state index contributed by atoms with van der Waals surface area (Å²) >= 11 is 10.1. The molecule has 9 heteroatoms. The van der Waals surface area contributed by atoms with Gasteiger partial charge in [-0.15, -0.1) is 0 Å². The number of hydrogen-bond acceptors (Lipinski definition) is 6. The number of nitrogens with zero attached hydrogens (tertiary/aromatic N) is 1. The average Bonchev–Trinajstić information content (AvgIpc) is 3.03. The fourth-order valence-corrected chi connectivity index (χ4v) is 4.69. The Balaban J connectivity index is 1.69. The highest BCUT2D eigenvalue weighted by Crippen LogP contribution is 2.35. The van der Waals surface area contributed by atoms with Gasteiger partial charge in [-0.2, -0.15) is 0 Å². The van der Waals surface area contributed by atoms with Crippen LogP contribution in [0.4, 0.5) is 5.69 Å². The van der Waals surface area contributed by atoms with E-state index in [0.717, 1.165) is 22.0 Å². The summed E-state index contributed by atoms with van der Waals surface area (Å²) in [6.45, 7) is 6.71. The van der Waals surface area contributed by atoms with Crippen molar-refractivity contribution in [3.8, 4) is 11.5 Å². The molecule has 2 amide bonds. The van der Waals surface area contributed by atoms with Crippen LogP contribution in [0, 0.1) is 6.92 Å². The lowest BCUT2D eigenvalue weighted by atomic mass is 10.2. The molecule has 0 saturated carbocycles. The number of hydrogen-bond donors (Lipinski definition) is 1. The minimum Gasteiger partial charge on any atom is -0.490 e. The first-order chi connectivity index (χ1) is 15.8. The molecule has 33 heavy (non-hydrogen) atoms. The SMILES string of the molecule is CCCN1C(=O)/C(=C/c2ccc(OCC(=O)Nc3ccc(Br)c(C)c3)c(OCC)c2)SC1=S. The number of thioether (sulfide) groups is 1. The Kier molecular flexibility index (Phi) is 8.94. The molecule has 174 valence electrons. The van der Waals surface area contributed by atoms with Gasteiger partial charge in [0.2, 0.25) is 0 Å². The highest BCUT2D eigenvalue weighted by atomic mass is 79.9. The van der Waals surface area contributed by atoms with Gasteiger partial charge < -0.3 is 14.8 Å². The van der Waals surface area contributed by atoms with E-state index in [2.05, 4.69) is 21.2 Å². The van der Waals surface area contributed by atoms with Crippen molar-refractivity contribution < 1.29 is 19.1 Å². The van der Waals surface area contributed by atoms with E-state index in [1.807, 2.05) is 45.0 Å². The fourth-order valence-electron chi connectivity index (χ4n) is 3.13. The van der Waals surface area contributed by atoms with E-state index in [-0.39, 0.29) is 18.4 Å². The maximum absolute atomic E-state index is 12.6. The van der Waals surface area contributed by atoms with Crippen molar-refractivity contribution in [2.45, 2.75) is 27.2 Å². The zero-order valence-electron chi connectivity index (χ0n) is 18.6. The summed E-state index contributed by atoms with van der Waals surface area (Å²) in [5.74, 6) is 0.602. The molecule has 0 aliphatic carbocycles. The van der Waals surface area contributed by atoms with Gasteiger partial charge >= 0.3 is 0 Å². The lowest BCUT2D eigenvalue weighted by Gasteiger charge is -2.13. The normalized spacial score (nSPS) is 14.7. The van der Waals surface area contributed by atoms with Crippen molar-refractivity contribution in [2.24, 2.45) is 0 Å². The molecule has 2 aromatic rings. The standard InChI is InChI=1S/C24H25BrN2O4S2/c1-4-10-27-23(29)21(33-24(27)32)13-16-6-9-19(20(12-16)30-5-2)31-14-22(28)26-17-7-8-18(25)15(3)11-17/h6-9,11-13H,4-5,10,14H2,1-3H3,(H,26,28)/b21-13-. The first-order valence-electron chi connectivity index (χ1n) is 10.5. The molecule has 0 bridgehead atoms. The molecule has 1 heterocycles. The molecule has 2 aromatic carbocycles. The van der Waals surface area contributed by atoms with Gasteiger partial charge in [-0.05, 0) is 67.8 Å². The number of halogens is 1. The summed E-state index contributed by atoms with van der Waals surface area (Å²) in [6, 6.07) is 10.9. The first-order valence-corrected chi connectivity index (χ1v) is 12.5. The smallest absolute Gasteiger partial charge is 0.266 e. The minimum absolute atomic E-state index is 0.0787. The number of anilines is 1. The van der Waals surface area contributed by atoms with Gasteiger partial charge in [0.25, 0.3) is 11.8 Å². The predicted molar refractivity (Wildman–Crippen MR) is 141 cm³/mol. The van der Waals surface area contributed by atoms with Gasteiger partial charge in [-0.25, -0.2) is 0 Å². The van der Waals surface area contributed by atoms with Crippen molar-refractivity contribution in [3.63, 3.8) is 0 Å². The van der Waals surface area contributed by atoms with Crippen molar-refractivity contribution in [2.75, 3.05) is 25.1 Å². The number of ether oxygens (including phenoxy) is 2. The van der Waals surface area contributed by atoms with Crippen LogP contribution in [0.3, 0.4) is 0 Å². The maximum Gasteiger partial charge on any atom is 0.266 e. The van der Waals surface area contributed by atoms with Crippen LogP contribution in [0.25, 0.3) is 6.08 Å². The monoisotopic (exact) mass is 548 g/mol. The van der Waals surface area contributed by atoms with E-state index in [1.54, 1.807) is 23.1 Å². The summed E-state index contributed by atoms with van der Waals surface area (Å²) in [5, 5.41) is 2.82. The minimum atomic E-state index is -0.275. The maximum atomic E-state index is 12.6. The zero-order valence-corrected chi connectivity index (χ0v) is 21.9. The molecule has 6 nitrogen and oxygen atoms in total. The fraction of sp³-hybridized carbons (Fsp3) is 0.292. The Labute approximate surface area is 211 Å². The topological polar surface area (TPSA) is 67.9 Å². The van der Waals surface area contributed by atoms with Gasteiger partial charge in [0.1, 0.15) is 4.32 Å². The highest BCUT2D eigenvalue weighted by Gasteiger charge is 2.31. The van der Waals surface area contributed by atoms with Crippen LogP contribution in [0.1, 0.15) is 31.4 Å². The number of carbonyl (C=O) groups is 2. The van der Waals surface area contributed by atoms with Crippen LogP contribution in [-0.4, -0.2) is 40.8 Å². The zero-order chi connectivity index (χ0) is 24.0. The summed E-state index contributed by atoms with van der Waals surface area (Å²) in [7, 11) is 0. The number of rotatable bonds is 9. The van der Waals surface area contributed by atoms with E-state index in [1.165, 1.54) is 11.8 Å². The second kappa shape index (κ2) is 11.7. The number of thiocarbonyl (C=S) groups is 1.